The molecule has 1 unspecified atom stereocenters. The van der Waals surface area contributed by atoms with Crippen LogP contribution in [0.4, 0.5) is 4.79 Å². The van der Waals surface area contributed by atoms with E-state index in [2.05, 4.69) is 0 Å². The number of ether oxygens (including phenoxy) is 1. The van der Waals surface area contributed by atoms with E-state index in [-0.39, 0.29) is 12.1 Å². The summed E-state index contributed by atoms with van der Waals surface area (Å²) in [5, 5.41) is 0.696. The third-order valence-electron chi connectivity index (χ3n) is 3.41. The molecule has 0 saturated carbocycles. The summed E-state index contributed by atoms with van der Waals surface area (Å²) in [5.41, 5.74) is 1.92. The average Bonchev–Trinajstić information content (AvgIpc) is 2.60. The molecule has 0 aromatic heterocycles. The Balaban J connectivity index is 2.45. The molecular formula is C13H17ClN2O2. The maximum atomic E-state index is 11.8. The molecule has 0 bridgehead atoms. The van der Waals surface area contributed by atoms with Gasteiger partial charge in [-0.05, 0) is 24.6 Å². The van der Waals surface area contributed by atoms with Crippen molar-refractivity contribution in [1.82, 2.24) is 9.80 Å². The first-order chi connectivity index (χ1) is 8.45. The van der Waals surface area contributed by atoms with Gasteiger partial charge in [-0.3, -0.25) is 0 Å². The molecule has 1 saturated heterocycles. The van der Waals surface area contributed by atoms with Crippen molar-refractivity contribution in [3.63, 3.8) is 0 Å². The lowest BCUT2D eigenvalue weighted by molar-refractivity contribution is 0.201. The van der Waals surface area contributed by atoms with Crippen LogP contribution in [-0.4, -0.2) is 43.6 Å². The topological polar surface area (TPSA) is 32.8 Å². The van der Waals surface area contributed by atoms with Crippen LogP contribution in [0, 0.1) is 6.92 Å². The Morgan fingerprint density at radius 3 is 2.56 bits per heavy atom. The standard InChI is InChI=1S/C13H17ClN2O2/c1-8-5-12(18-4)9(6-10(8)14)11-7-15(2)13(17)16(11)3/h5-6,11H,7H2,1-4H3. The number of nitrogens with zero attached hydrogens (tertiary/aromatic N) is 2. The van der Waals surface area contributed by atoms with Gasteiger partial charge in [0.1, 0.15) is 5.75 Å². The number of hydrogen-bond donors (Lipinski definition) is 0. The molecule has 98 valence electrons. The number of benzene rings is 1. The second kappa shape index (κ2) is 4.69. The van der Waals surface area contributed by atoms with E-state index in [4.69, 9.17) is 16.3 Å². The largest absolute Gasteiger partial charge is 0.496 e. The van der Waals surface area contributed by atoms with Gasteiger partial charge in [0.05, 0.1) is 13.2 Å². The second-order valence-electron chi connectivity index (χ2n) is 4.63. The molecule has 0 radical (unpaired) electrons. The van der Waals surface area contributed by atoms with Crippen molar-refractivity contribution in [1.29, 1.82) is 0 Å². The van der Waals surface area contributed by atoms with Gasteiger partial charge in [0.15, 0.2) is 0 Å². The third-order valence-corrected chi connectivity index (χ3v) is 3.82. The molecule has 1 aliphatic heterocycles. The van der Waals surface area contributed by atoms with Gasteiger partial charge in [0, 0.05) is 31.2 Å². The molecule has 1 atom stereocenters. The van der Waals surface area contributed by atoms with Gasteiger partial charge in [-0.15, -0.1) is 0 Å². The van der Waals surface area contributed by atoms with Gasteiger partial charge < -0.3 is 14.5 Å². The molecule has 0 spiro atoms. The van der Waals surface area contributed by atoms with E-state index in [1.54, 1.807) is 31.0 Å². The van der Waals surface area contributed by atoms with Crippen molar-refractivity contribution < 1.29 is 9.53 Å². The van der Waals surface area contributed by atoms with Gasteiger partial charge >= 0.3 is 6.03 Å². The van der Waals surface area contributed by atoms with E-state index < -0.39 is 0 Å². The Bertz CT molecular complexity index is 490. The maximum absolute atomic E-state index is 11.8. The molecule has 4 nitrogen and oxygen atoms in total. The second-order valence-corrected chi connectivity index (χ2v) is 5.04. The summed E-state index contributed by atoms with van der Waals surface area (Å²) in [7, 11) is 5.22. The molecule has 1 fully saturated rings. The number of aryl methyl sites for hydroxylation is 1. The molecule has 0 N–H and O–H groups in total. The van der Waals surface area contributed by atoms with Crippen LogP contribution in [0.3, 0.4) is 0 Å². The van der Waals surface area contributed by atoms with Crippen LogP contribution in [0.25, 0.3) is 0 Å². The molecule has 5 heteroatoms. The minimum atomic E-state index is -0.0180. The van der Waals surface area contributed by atoms with E-state index in [9.17, 15) is 4.79 Å². The highest BCUT2D eigenvalue weighted by Crippen LogP contribution is 2.36. The van der Waals surface area contributed by atoms with E-state index in [0.717, 1.165) is 16.9 Å². The van der Waals surface area contributed by atoms with E-state index >= 15 is 0 Å². The van der Waals surface area contributed by atoms with Crippen LogP contribution < -0.4 is 4.74 Å². The van der Waals surface area contributed by atoms with Crippen LogP contribution in [0.1, 0.15) is 17.2 Å². The Morgan fingerprint density at radius 2 is 2.06 bits per heavy atom. The zero-order valence-electron chi connectivity index (χ0n) is 11.0. The molecule has 1 aliphatic rings. The first-order valence-electron chi connectivity index (χ1n) is 5.77. The molecule has 1 heterocycles. The first kappa shape index (κ1) is 13.0. The zero-order valence-corrected chi connectivity index (χ0v) is 11.8. The molecule has 2 amide bonds. The van der Waals surface area contributed by atoms with Crippen molar-refractivity contribution in [3.05, 3.63) is 28.3 Å². The highest BCUT2D eigenvalue weighted by Gasteiger charge is 2.35. The molecule has 0 aliphatic carbocycles. The number of carbonyl (C=O) groups excluding carboxylic acids is 1. The summed E-state index contributed by atoms with van der Waals surface area (Å²) in [5.74, 6) is 0.775. The number of urea groups is 1. The summed E-state index contributed by atoms with van der Waals surface area (Å²) < 4.78 is 5.40. The number of halogens is 1. The number of likely N-dealkylation sites (N-methyl/N-ethyl adjacent to an activating group) is 2. The summed E-state index contributed by atoms with van der Waals surface area (Å²) >= 11 is 6.17. The highest BCUT2D eigenvalue weighted by molar-refractivity contribution is 6.31. The Hall–Kier alpha value is -1.42. The molecule has 1 aromatic rings. The predicted molar refractivity (Wildman–Crippen MR) is 71.3 cm³/mol. The lowest BCUT2D eigenvalue weighted by Gasteiger charge is -2.21. The molecule has 2 rings (SSSR count). The number of rotatable bonds is 2. The minimum Gasteiger partial charge on any atom is -0.496 e. The van der Waals surface area contributed by atoms with Crippen LogP contribution in [-0.2, 0) is 0 Å². The Morgan fingerprint density at radius 1 is 1.39 bits per heavy atom. The van der Waals surface area contributed by atoms with Gasteiger partial charge in [-0.2, -0.15) is 0 Å². The summed E-state index contributed by atoms with van der Waals surface area (Å²) in [6, 6.07) is 3.80. The van der Waals surface area contributed by atoms with Gasteiger partial charge in [-0.1, -0.05) is 11.6 Å². The monoisotopic (exact) mass is 268 g/mol. The SMILES string of the molecule is COc1cc(C)c(Cl)cc1C1CN(C)C(=O)N1C. The van der Waals surface area contributed by atoms with Crippen LogP contribution in [0.15, 0.2) is 12.1 Å². The molecular weight excluding hydrogens is 252 g/mol. The van der Waals surface area contributed by atoms with Crippen molar-refractivity contribution in [2.75, 3.05) is 27.7 Å². The van der Waals surface area contributed by atoms with Gasteiger partial charge in [0.2, 0.25) is 0 Å². The Labute approximate surface area is 112 Å². The minimum absolute atomic E-state index is 0.0127. The molecule has 18 heavy (non-hydrogen) atoms. The predicted octanol–water partition coefficient (Wildman–Crippen LogP) is 2.70. The third kappa shape index (κ3) is 2.01. The van der Waals surface area contributed by atoms with Crippen LogP contribution >= 0.6 is 11.6 Å². The summed E-state index contributed by atoms with van der Waals surface area (Å²) in [6.45, 7) is 2.58. The van der Waals surface area contributed by atoms with Crippen molar-refractivity contribution in [2.24, 2.45) is 0 Å². The van der Waals surface area contributed by atoms with Crippen LogP contribution in [0.5, 0.6) is 5.75 Å². The highest BCUT2D eigenvalue weighted by atomic mass is 35.5. The fourth-order valence-corrected chi connectivity index (χ4v) is 2.45. The lowest BCUT2D eigenvalue weighted by atomic mass is 10.0. The van der Waals surface area contributed by atoms with E-state index in [0.29, 0.717) is 11.6 Å². The fourth-order valence-electron chi connectivity index (χ4n) is 2.28. The molecule has 1 aromatic carbocycles. The maximum Gasteiger partial charge on any atom is 0.320 e. The number of amides is 2. The first-order valence-corrected chi connectivity index (χ1v) is 6.15. The van der Waals surface area contributed by atoms with Crippen LogP contribution in [0.2, 0.25) is 5.02 Å². The van der Waals surface area contributed by atoms with E-state index in [1.165, 1.54) is 0 Å². The van der Waals surface area contributed by atoms with Gasteiger partial charge in [0.25, 0.3) is 0 Å². The summed E-state index contributed by atoms with van der Waals surface area (Å²) in [6.07, 6.45) is 0. The Kier molecular flexibility index (Phi) is 3.39. The number of hydrogen-bond acceptors (Lipinski definition) is 2. The quantitative estimate of drug-likeness (QED) is 0.826. The number of methoxy groups -OCH3 is 1. The van der Waals surface area contributed by atoms with E-state index in [1.807, 2.05) is 19.1 Å². The normalized spacial score (nSPS) is 19.6. The lowest BCUT2D eigenvalue weighted by Crippen LogP contribution is -2.26. The average molecular weight is 269 g/mol. The number of carbonyl (C=O) groups is 1. The summed E-state index contributed by atoms with van der Waals surface area (Å²) in [4.78, 5) is 15.2. The fraction of sp³-hybridized carbons (Fsp3) is 0.462. The van der Waals surface area contributed by atoms with Crippen molar-refractivity contribution in [2.45, 2.75) is 13.0 Å². The van der Waals surface area contributed by atoms with Gasteiger partial charge in [-0.25, -0.2) is 4.79 Å². The smallest absolute Gasteiger partial charge is 0.320 e. The zero-order chi connectivity index (χ0) is 13.4. The van der Waals surface area contributed by atoms with Crippen molar-refractivity contribution in [3.8, 4) is 5.75 Å². The van der Waals surface area contributed by atoms with Crippen molar-refractivity contribution >= 4 is 17.6 Å².